The van der Waals surface area contributed by atoms with Gasteiger partial charge in [0.1, 0.15) is 22.9 Å². The van der Waals surface area contributed by atoms with Crippen LogP contribution in [0.4, 0.5) is 22.7 Å². The fourth-order valence-corrected chi connectivity index (χ4v) is 3.55. The van der Waals surface area contributed by atoms with E-state index in [1.807, 2.05) is 54.6 Å². The van der Waals surface area contributed by atoms with Crippen molar-refractivity contribution in [3.8, 4) is 17.2 Å². The van der Waals surface area contributed by atoms with Crippen LogP contribution in [0, 0.1) is 0 Å². The van der Waals surface area contributed by atoms with E-state index in [9.17, 15) is 4.79 Å². The van der Waals surface area contributed by atoms with Gasteiger partial charge in [-0.05, 0) is 93.3 Å². The fourth-order valence-electron chi connectivity index (χ4n) is 3.55. The van der Waals surface area contributed by atoms with E-state index < -0.39 is 0 Å². The second-order valence-corrected chi connectivity index (χ2v) is 9.92. The summed E-state index contributed by atoms with van der Waals surface area (Å²) in [6, 6.07) is 20.4. The van der Waals surface area contributed by atoms with Crippen LogP contribution in [-0.4, -0.2) is 32.4 Å². The van der Waals surface area contributed by atoms with E-state index >= 15 is 0 Å². The van der Waals surface area contributed by atoms with E-state index in [-0.39, 0.29) is 5.97 Å². The van der Waals surface area contributed by atoms with Gasteiger partial charge in [-0.3, -0.25) is 0 Å². The molecule has 0 amide bonds. The number of carbonyl (C=O) groups excluding carboxylic acids is 1. The molecule has 3 aromatic carbocycles. The van der Waals surface area contributed by atoms with Crippen LogP contribution in [-0.2, 0) is 9.53 Å². The minimum atomic E-state index is -0.388. The van der Waals surface area contributed by atoms with Crippen LogP contribution in [0.5, 0.6) is 17.2 Å². The summed E-state index contributed by atoms with van der Waals surface area (Å²) in [5, 5.41) is 17.6. The molecule has 0 atom stereocenters. The highest BCUT2D eigenvalue weighted by Crippen LogP contribution is 2.34. The molecule has 0 aromatic heterocycles. The smallest absolute Gasteiger partial charge is 0.333 e. The maximum atomic E-state index is 11.6. The van der Waals surface area contributed by atoms with E-state index in [1.54, 1.807) is 19.1 Å². The Morgan fingerprint density at radius 3 is 1.67 bits per heavy atom. The molecule has 0 saturated heterocycles. The Hall–Kier alpha value is -4.53. The monoisotopic (exact) mass is 586 g/mol. The summed E-state index contributed by atoms with van der Waals surface area (Å²) in [7, 11) is 0. The predicted molar refractivity (Wildman–Crippen MR) is 169 cm³/mol. The Morgan fingerprint density at radius 1 is 0.628 bits per heavy atom. The van der Waals surface area contributed by atoms with Gasteiger partial charge in [0, 0.05) is 11.6 Å². The standard InChI is InChI=1S/C34H42N4O5/c1-5-7-21-40-30-16-11-27(12-17-30)35-37-29-15-20-32(33(25-29)42-23-9-10-24-43-34(39)26(3)4)38-36-28-13-18-31(19-14-28)41-22-8-6-2/h11-20,25H,3,5-10,21-24H2,1-2,4H3. The first kappa shape index (κ1) is 33.0. The van der Waals surface area contributed by atoms with Gasteiger partial charge < -0.3 is 18.9 Å². The molecule has 0 aliphatic heterocycles. The second kappa shape index (κ2) is 18.8. The van der Waals surface area contributed by atoms with Crippen LogP contribution in [0.2, 0.25) is 0 Å². The number of unbranched alkanes of at least 4 members (excludes halogenated alkanes) is 3. The Bertz CT molecular complexity index is 1340. The first-order chi connectivity index (χ1) is 21.0. The molecule has 0 N–H and O–H groups in total. The average Bonchev–Trinajstić information content (AvgIpc) is 3.02. The van der Waals surface area contributed by atoms with Crippen molar-refractivity contribution in [1.82, 2.24) is 0 Å². The van der Waals surface area contributed by atoms with E-state index in [1.165, 1.54) is 0 Å². The average molecular weight is 587 g/mol. The summed E-state index contributed by atoms with van der Waals surface area (Å²) in [5.74, 6) is 1.75. The summed E-state index contributed by atoms with van der Waals surface area (Å²) in [6.07, 6.45) is 5.54. The second-order valence-electron chi connectivity index (χ2n) is 9.92. The number of hydrogen-bond donors (Lipinski definition) is 0. The number of esters is 1. The van der Waals surface area contributed by atoms with Gasteiger partial charge in [-0.2, -0.15) is 15.3 Å². The Labute approximate surface area is 254 Å². The van der Waals surface area contributed by atoms with Crippen molar-refractivity contribution in [1.29, 1.82) is 0 Å². The number of hydrogen-bond acceptors (Lipinski definition) is 9. The largest absolute Gasteiger partial charge is 0.494 e. The number of azo groups is 2. The Balaban J connectivity index is 1.67. The third kappa shape index (κ3) is 12.5. The van der Waals surface area contributed by atoms with Crippen LogP contribution >= 0.6 is 0 Å². The molecule has 0 radical (unpaired) electrons. The van der Waals surface area contributed by atoms with Crippen molar-refractivity contribution < 1.29 is 23.7 Å². The Kier molecular flexibility index (Phi) is 14.4. The summed E-state index contributed by atoms with van der Waals surface area (Å²) in [4.78, 5) is 11.6. The van der Waals surface area contributed by atoms with Crippen LogP contribution in [0.15, 0.2) is 99.3 Å². The molecule has 0 spiro atoms. The molecule has 228 valence electrons. The molecule has 0 bridgehead atoms. The minimum Gasteiger partial charge on any atom is -0.494 e. The van der Waals surface area contributed by atoms with Gasteiger partial charge >= 0.3 is 5.97 Å². The minimum absolute atomic E-state index is 0.302. The van der Waals surface area contributed by atoms with Crippen molar-refractivity contribution in [2.45, 2.75) is 59.3 Å². The van der Waals surface area contributed by atoms with Crippen molar-refractivity contribution in [2.75, 3.05) is 26.4 Å². The zero-order chi connectivity index (χ0) is 30.7. The van der Waals surface area contributed by atoms with Gasteiger partial charge in [0.05, 0.1) is 43.5 Å². The Morgan fingerprint density at radius 2 is 1.12 bits per heavy atom. The lowest BCUT2D eigenvalue weighted by atomic mass is 10.2. The molecule has 0 aliphatic rings. The molecule has 3 aromatic rings. The normalized spacial score (nSPS) is 11.1. The number of nitrogens with zero attached hydrogens (tertiary/aromatic N) is 4. The van der Waals surface area contributed by atoms with Gasteiger partial charge in [0.2, 0.25) is 0 Å². The lowest BCUT2D eigenvalue weighted by Gasteiger charge is -2.10. The van der Waals surface area contributed by atoms with Gasteiger partial charge in [-0.25, -0.2) is 4.79 Å². The molecular weight excluding hydrogens is 544 g/mol. The quantitative estimate of drug-likeness (QED) is 0.0601. The van der Waals surface area contributed by atoms with Crippen LogP contribution in [0.25, 0.3) is 0 Å². The van der Waals surface area contributed by atoms with Crippen molar-refractivity contribution in [3.63, 3.8) is 0 Å². The zero-order valence-corrected chi connectivity index (χ0v) is 25.5. The molecule has 9 heteroatoms. The fraction of sp³-hybridized carbons (Fsp3) is 0.382. The zero-order valence-electron chi connectivity index (χ0n) is 25.5. The van der Waals surface area contributed by atoms with Crippen molar-refractivity contribution >= 4 is 28.7 Å². The first-order valence-electron chi connectivity index (χ1n) is 14.9. The molecular formula is C34H42N4O5. The highest BCUT2D eigenvalue weighted by Gasteiger charge is 2.07. The summed E-state index contributed by atoms with van der Waals surface area (Å²) in [5.41, 5.74) is 2.96. The maximum Gasteiger partial charge on any atom is 0.333 e. The van der Waals surface area contributed by atoms with Gasteiger partial charge in [-0.1, -0.05) is 33.3 Å². The molecule has 0 fully saturated rings. The summed E-state index contributed by atoms with van der Waals surface area (Å²) >= 11 is 0. The number of carbonyl (C=O) groups is 1. The summed E-state index contributed by atoms with van der Waals surface area (Å²) < 4.78 is 22.7. The SMILES string of the molecule is C=C(C)C(=O)OCCCCOc1cc(N=Nc2ccc(OCCCC)cc2)ccc1N=Nc1ccc(OCCCC)cc1. The van der Waals surface area contributed by atoms with Gasteiger partial charge in [0.15, 0.2) is 0 Å². The molecule has 9 nitrogen and oxygen atoms in total. The molecule has 0 aliphatic carbocycles. The van der Waals surface area contributed by atoms with Gasteiger partial charge in [0.25, 0.3) is 0 Å². The van der Waals surface area contributed by atoms with E-state index in [4.69, 9.17) is 18.9 Å². The third-order valence-corrected chi connectivity index (χ3v) is 6.08. The number of ether oxygens (including phenoxy) is 4. The lowest BCUT2D eigenvalue weighted by molar-refractivity contribution is -0.139. The van der Waals surface area contributed by atoms with Crippen molar-refractivity contribution in [2.24, 2.45) is 20.5 Å². The van der Waals surface area contributed by atoms with E-state index in [0.717, 1.165) is 37.2 Å². The molecule has 0 heterocycles. The maximum absolute atomic E-state index is 11.6. The molecule has 0 unspecified atom stereocenters. The third-order valence-electron chi connectivity index (χ3n) is 6.08. The first-order valence-corrected chi connectivity index (χ1v) is 14.9. The number of benzene rings is 3. The van der Waals surface area contributed by atoms with E-state index in [2.05, 4.69) is 40.9 Å². The summed E-state index contributed by atoms with van der Waals surface area (Å²) in [6.45, 7) is 11.6. The van der Waals surface area contributed by atoms with Crippen LogP contribution in [0.3, 0.4) is 0 Å². The van der Waals surface area contributed by atoms with Crippen LogP contribution < -0.4 is 14.2 Å². The number of rotatable bonds is 19. The molecule has 0 saturated carbocycles. The predicted octanol–water partition coefficient (Wildman–Crippen LogP) is 10.2. The van der Waals surface area contributed by atoms with Crippen molar-refractivity contribution in [3.05, 3.63) is 78.9 Å². The van der Waals surface area contributed by atoms with E-state index in [0.29, 0.717) is 73.3 Å². The topological polar surface area (TPSA) is 103 Å². The highest BCUT2D eigenvalue weighted by molar-refractivity contribution is 5.86. The molecule has 3 rings (SSSR count). The van der Waals surface area contributed by atoms with Gasteiger partial charge in [-0.15, -0.1) is 5.11 Å². The molecule has 43 heavy (non-hydrogen) atoms. The van der Waals surface area contributed by atoms with Crippen LogP contribution in [0.1, 0.15) is 59.3 Å². The highest BCUT2D eigenvalue weighted by atomic mass is 16.5. The lowest BCUT2D eigenvalue weighted by Crippen LogP contribution is -2.07.